The highest BCUT2D eigenvalue weighted by atomic mass is 32.1. The van der Waals surface area contributed by atoms with E-state index in [1.54, 1.807) is 23.5 Å². The van der Waals surface area contributed by atoms with E-state index in [1.165, 1.54) is 12.1 Å². The van der Waals surface area contributed by atoms with Gasteiger partial charge in [-0.2, -0.15) is 0 Å². The lowest BCUT2D eigenvalue weighted by atomic mass is 10.2. The highest BCUT2D eigenvalue weighted by Gasteiger charge is 2.07. The van der Waals surface area contributed by atoms with Gasteiger partial charge in [0, 0.05) is 23.1 Å². The van der Waals surface area contributed by atoms with Gasteiger partial charge in [-0.1, -0.05) is 30.3 Å². The molecule has 0 bridgehead atoms. The van der Waals surface area contributed by atoms with Crippen LogP contribution in [-0.2, 0) is 13.1 Å². The molecule has 130 valence electrons. The molecule has 0 fully saturated rings. The number of aromatic nitrogens is 1. The zero-order chi connectivity index (χ0) is 17.8. The Hall–Kier alpha value is -2.76. The van der Waals surface area contributed by atoms with Crippen LogP contribution in [0, 0.1) is 5.82 Å². The van der Waals surface area contributed by atoms with E-state index in [-0.39, 0.29) is 5.82 Å². The summed E-state index contributed by atoms with van der Waals surface area (Å²) in [7, 11) is 0. The van der Waals surface area contributed by atoms with Gasteiger partial charge < -0.3 is 9.73 Å². The number of nitrogens with zero attached hydrogens (tertiary/aromatic N) is 1. The molecule has 2 aromatic heterocycles. The number of rotatable bonds is 6. The molecular weight excluding hydrogens is 347 g/mol. The second-order valence-electron chi connectivity index (χ2n) is 5.89. The molecule has 4 aromatic rings. The number of furan rings is 1. The average molecular weight is 364 g/mol. The molecule has 2 aromatic carbocycles. The van der Waals surface area contributed by atoms with Crippen LogP contribution in [-0.4, -0.2) is 4.98 Å². The van der Waals surface area contributed by atoms with Gasteiger partial charge in [0.1, 0.15) is 22.3 Å². The first kappa shape index (κ1) is 16.7. The third-order valence-corrected chi connectivity index (χ3v) is 4.91. The predicted octanol–water partition coefficient (Wildman–Crippen LogP) is 5.50. The van der Waals surface area contributed by atoms with Crippen molar-refractivity contribution in [1.29, 1.82) is 0 Å². The van der Waals surface area contributed by atoms with Gasteiger partial charge in [0.25, 0.3) is 0 Å². The zero-order valence-corrected chi connectivity index (χ0v) is 14.8. The Labute approximate surface area is 155 Å². The largest absolute Gasteiger partial charge is 0.460 e. The minimum Gasteiger partial charge on any atom is -0.460 e. The van der Waals surface area contributed by atoms with Gasteiger partial charge in [0.15, 0.2) is 0 Å². The van der Waals surface area contributed by atoms with Crippen molar-refractivity contribution >= 4 is 11.3 Å². The lowest BCUT2D eigenvalue weighted by molar-refractivity contribution is 0.492. The van der Waals surface area contributed by atoms with E-state index in [9.17, 15) is 4.39 Å². The summed E-state index contributed by atoms with van der Waals surface area (Å²) in [6.07, 6.45) is 0. The molecule has 0 saturated heterocycles. The topological polar surface area (TPSA) is 38.1 Å². The van der Waals surface area contributed by atoms with Crippen LogP contribution in [0.3, 0.4) is 0 Å². The summed E-state index contributed by atoms with van der Waals surface area (Å²) in [5.74, 6) is 1.32. The number of hydrogen-bond acceptors (Lipinski definition) is 4. The van der Waals surface area contributed by atoms with Crippen LogP contribution < -0.4 is 5.32 Å². The van der Waals surface area contributed by atoms with Gasteiger partial charge in [-0.15, -0.1) is 11.3 Å². The molecule has 0 aliphatic heterocycles. The van der Waals surface area contributed by atoms with Crippen LogP contribution in [0.15, 0.2) is 76.5 Å². The van der Waals surface area contributed by atoms with Crippen LogP contribution in [0.2, 0.25) is 0 Å². The van der Waals surface area contributed by atoms with E-state index < -0.39 is 0 Å². The van der Waals surface area contributed by atoms with Gasteiger partial charge in [0.05, 0.1) is 12.2 Å². The number of halogens is 1. The van der Waals surface area contributed by atoms with Crippen molar-refractivity contribution in [3.05, 3.63) is 89.4 Å². The monoisotopic (exact) mass is 364 g/mol. The Kier molecular flexibility index (Phi) is 4.91. The van der Waals surface area contributed by atoms with Gasteiger partial charge >= 0.3 is 0 Å². The highest BCUT2D eigenvalue weighted by Crippen LogP contribution is 2.24. The summed E-state index contributed by atoms with van der Waals surface area (Å²) in [5.41, 5.74) is 3.02. The Bertz CT molecular complexity index is 977. The van der Waals surface area contributed by atoms with Crippen molar-refractivity contribution in [3.63, 3.8) is 0 Å². The first-order chi connectivity index (χ1) is 12.8. The molecule has 0 atom stereocenters. The maximum atomic E-state index is 13.0. The Morgan fingerprint density at radius 2 is 1.69 bits per heavy atom. The van der Waals surface area contributed by atoms with Gasteiger partial charge in [-0.3, -0.25) is 0 Å². The second kappa shape index (κ2) is 7.64. The Morgan fingerprint density at radius 3 is 2.50 bits per heavy atom. The summed E-state index contributed by atoms with van der Waals surface area (Å²) >= 11 is 1.65. The van der Waals surface area contributed by atoms with Gasteiger partial charge in [0.2, 0.25) is 0 Å². The fourth-order valence-corrected chi connectivity index (χ4v) is 3.48. The summed E-state index contributed by atoms with van der Waals surface area (Å²) in [5, 5.41) is 6.44. The van der Waals surface area contributed by atoms with Crippen LogP contribution in [0.5, 0.6) is 0 Å². The van der Waals surface area contributed by atoms with Crippen molar-refractivity contribution in [2.75, 3.05) is 0 Å². The Balaban J connectivity index is 1.34. The molecule has 26 heavy (non-hydrogen) atoms. The van der Waals surface area contributed by atoms with E-state index in [0.29, 0.717) is 13.1 Å². The van der Waals surface area contributed by atoms with Crippen molar-refractivity contribution in [1.82, 2.24) is 10.3 Å². The molecule has 0 aliphatic rings. The third-order valence-electron chi connectivity index (χ3n) is 3.97. The quantitative estimate of drug-likeness (QED) is 0.491. The lowest BCUT2D eigenvalue weighted by Crippen LogP contribution is -2.12. The standard InChI is InChI=1S/C21H17FN2OS/c22-17-8-6-15(7-9-17)20-11-10-19(25-20)13-23-12-18-14-26-21(24-18)16-4-2-1-3-5-16/h1-11,14,23H,12-13H2. The maximum absolute atomic E-state index is 13.0. The van der Waals surface area contributed by atoms with Crippen LogP contribution in [0.4, 0.5) is 4.39 Å². The second-order valence-corrected chi connectivity index (χ2v) is 6.74. The molecule has 4 rings (SSSR count). The molecular formula is C21H17FN2OS. The molecule has 0 spiro atoms. The van der Waals surface area contributed by atoms with Crippen molar-refractivity contribution in [2.24, 2.45) is 0 Å². The van der Waals surface area contributed by atoms with Crippen LogP contribution in [0.1, 0.15) is 11.5 Å². The van der Waals surface area contributed by atoms with Crippen molar-refractivity contribution in [3.8, 4) is 21.9 Å². The molecule has 1 N–H and O–H groups in total. The molecule has 0 aliphatic carbocycles. The van der Waals surface area contributed by atoms with E-state index in [4.69, 9.17) is 4.42 Å². The number of benzene rings is 2. The summed E-state index contributed by atoms with van der Waals surface area (Å²) in [6, 6.07) is 20.3. The summed E-state index contributed by atoms with van der Waals surface area (Å²) < 4.78 is 18.8. The molecule has 5 heteroatoms. The first-order valence-electron chi connectivity index (χ1n) is 8.33. The predicted molar refractivity (Wildman–Crippen MR) is 102 cm³/mol. The van der Waals surface area contributed by atoms with Gasteiger partial charge in [-0.25, -0.2) is 9.37 Å². The van der Waals surface area contributed by atoms with E-state index in [2.05, 4.69) is 27.8 Å². The number of thiazole rings is 1. The third kappa shape index (κ3) is 3.90. The summed E-state index contributed by atoms with van der Waals surface area (Å²) in [4.78, 5) is 4.66. The fraction of sp³-hybridized carbons (Fsp3) is 0.0952. The van der Waals surface area contributed by atoms with E-state index >= 15 is 0 Å². The maximum Gasteiger partial charge on any atom is 0.134 e. The van der Waals surface area contributed by atoms with Gasteiger partial charge in [-0.05, 0) is 36.4 Å². The smallest absolute Gasteiger partial charge is 0.134 e. The first-order valence-corrected chi connectivity index (χ1v) is 9.21. The lowest BCUT2D eigenvalue weighted by Gasteiger charge is -2.01. The minimum atomic E-state index is -0.250. The number of hydrogen-bond donors (Lipinski definition) is 1. The fourth-order valence-electron chi connectivity index (χ4n) is 2.66. The molecule has 0 radical (unpaired) electrons. The van der Waals surface area contributed by atoms with E-state index in [1.807, 2.05) is 30.3 Å². The van der Waals surface area contributed by atoms with Crippen molar-refractivity contribution in [2.45, 2.75) is 13.1 Å². The van der Waals surface area contributed by atoms with E-state index in [0.717, 1.165) is 33.3 Å². The van der Waals surface area contributed by atoms with Crippen molar-refractivity contribution < 1.29 is 8.81 Å². The molecule has 0 unspecified atom stereocenters. The molecule has 3 nitrogen and oxygen atoms in total. The zero-order valence-electron chi connectivity index (χ0n) is 14.0. The minimum absolute atomic E-state index is 0.250. The Morgan fingerprint density at radius 1 is 0.885 bits per heavy atom. The van der Waals surface area contributed by atoms with Crippen LogP contribution in [0.25, 0.3) is 21.9 Å². The molecule has 2 heterocycles. The normalized spacial score (nSPS) is 11.0. The number of nitrogens with one attached hydrogen (secondary N) is 1. The SMILES string of the molecule is Fc1ccc(-c2ccc(CNCc3csc(-c4ccccc4)n3)o2)cc1. The molecule has 0 amide bonds. The molecule has 0 saturated carbocycles. The summed E-state index contributed by atoms with van der Waals surface area (Å²) in [6.45, 7) is 1.29. The average Bonchev–Trinajstić information content (AvgIpc) is 3.33. The van der Waals surface area contributed by atoms with Crippen LogP contribution >= 0.6 is 11.3 Å². The highest BCUT2D eigenvalue weighted by molar-refractivity contribution is 7.13.